The van der Waals surface area contributed by atoms with E-state index >= 15 is 0 Å². The van der Waals surface area contributed by atoms with Gasteiger partial charge in [0.05, 0.1) is 5.97 Å². The van der Waals surface area contributed by atoms with Gasteiger partial charge < -0.3 is 14.6 Å². The lowest BCUT2D eigenvalue weighted by atomic mass is 9.98. The van der Waals surface area contributed by atoms with E-state index in [0.717, 1.165) is 25.3 Å². The van der Waals surface area contributed by atoms with Crippen LogP contribution in [-0.4, -0.2) is 18.0 Å². The smallest absolute Gasteiger partial charge is 0.331 e. The van der Waals surface area contributed by atoms with Crippen molar-refractivity contribution < 1.29 is 19.4 Å². The molecule has 0 spiro atoms. The zero-order chi connectivity index (χ0) is 10.8. The van der Waals surface area contributed by atoms with Crippen molar-refractivity contribution in [2.24, 2.45) is 11.8 Å². The number of aliphatic carboxylic acids is 1. The second-order valence-corrected chi connectivity index (χ2v) is 4.30. The summed E-state index contributed by atoms with van der Waals surface area (Å²) in [5, 5.41) is 10.1. The van der Waals surface area contributed by atoms with Crippen molar-refractivity contribution in [3.05, 3.63) is 12.2 Å². The molecule has 2 saturated carbocycles. The molecule has 2 rings (SSSR count). The molecule has 2 aliphatic rings. The van der Waals surface area contributed by atoms with Gasteiger partial charge in [0.1, 0.15) is 6.10 Å². The second kappa shape index (κ2) is 4.04. The minimum Gasteiger partial charge on any atom is -0.545 e. The molecule has 0 aromatic heterocycles. The van der Waals surface area contributed by atoms with Crippen molar-refractivity contribution in [1.82, 2.24) is 0 Å². The lowest BCUT2D eigenvalue weighted by Crippen LogP contribution is -2.24. The zero-order valence-corrected chi connectivity index (χ0v) is 8.35. The number of esters is 1. The molecular formula is C11H13O4-. The molecular weight excluding hydrogens is 196 g/mol. The highest BCUT2D eigenvalue weighted by Crippen LogP contribution is 2.45. The Morgan fingerprint density at radius 3 is 2.53 bits per heavy atom. The van der Waals surface area contributed by atoms with E-state index in [1.807, 2.05) is 0 Å². The van der Waals surface area contributed by atoms with Crippen LogP contribution in [0.3, 0.4) is 0 Å². The Bertz CT molecular complexity index is 308. The number of carboxylic acid groups (broad SMARTS) is 1. The SMILES string of the molecule is O=C([O-])/C=C/C(=O)O[C@@H]1C[C@H]2CC[C@@H]1C2. The maximum absolute atomic E-state index is 11.2. The zero-order valence-electron chi connectivity index (χ0n) is 8.35. The van der Waals surface area contributed by atoms with Gasteiger partial charge in [-0.05, 0) is 43.6 Å². The van der Waals surface area contributed by atoms with Gasteiger partial charge in [-0.3, -0.25) is 0 Å². The Morgan fingerprint density at radius 2 is 2.00 bits per heavy atom. The van der Waals surface area contributed by atoms with E-state index in [4.69, 9.17) is 4.74 Å². The van der Waals surface area contributed by atoms with Gasteiger partial charge in [0.15, 0.2) is 0 Å². The standard InChI is InChI=1S/C11H14O4/c12-10(13)3-4-11(14)15-9-6-7-1-2-8(9)5-7/h3-4,7-9H,1-2,5-6H2,(H,12,13)/p-1/b4-3+/t7-,8+,9+/m0/s1. The summed E-state index contributed by atoms with van der Waals surface area (Å²) in [5.74, 6) is -0.745. The molecule has 2 fully saturated rings. The van der Waals surface area contributed by atoms with E-state index < -0.39 is 11.9 Å². The summed E-state index contributed by atoms with van der Waals surface area (Å²) in [4.78, 5) is 21.2. The molecule has 4 heteroatoms. The summed E-state index contributed by atoms with van der Waals surface area (Å²) in [5.41, 5.74) is 0. The Labute approximate surface area is 87.9 Å². The number of hydrogen-bond donors (Lipinski definition) is 0. The average Bonchev–Trinajstić information content (AvgIpc) is 2.76. The number of rotatable bonds is 3. The number of hydrogen-bond acceptors (Lipinski definition) is 4. The Kier molecular flexibility index (Phi) is 2.75. The highest BCUT2D eigenvalue weighted by molar-refractivity contribution is 5.89. The van der Waals surface area contributed by atoms with Crippen molar-refractivity contribution in [1.29, 1.82) is 0 Å². The van der Waals surface area contributed by atoms with Crippen molar-refractivity contribution >= 4 is 11.9 Å². The third-order valence-electron chi connectivity index (χ3n) is 3.30. The third kappa shape index (κ3) is 2.37. The minimum absolute atomic E-state index is 0.00246. The minimum atomic E-state index is -1.38. The number of carbonyl (C=O) groups is 2. The van der Waals surface area contributed by atoms with Crippen LogP contribution in [0.2, 0.25) is 0 Å². The van der Waals surface area contributed by atoms with Gasteiger partial charge in [-0.2, -0.15) is 0 Å². The van der Waals surface area contributed by atoms with Crippen LogP contribution in [0.15, 0.2) is 12.2 Å². The Morgan fingerprint density at radius 1 is 1.20 bits per heavy atom. The molecule has 0 amide bonds. The number of carboxylic acids is 1. The Hall–Kier alpha value is -1.32. The molecule has 0 radical (unpaired) electrons. The summed E-state index contributed by atoms with van der Waals surface area (Å²) < 4.78 is 5.18. The number of ether oxygens (including phenoxy) is 1. The van der Waals surface area contributed by atoms with Crippen LogP contribution in [0.1, 0.15) is 25.7 Å². The molecule has 0 N–H and O–H groups in total. The number of carbonyl (C=O) groups excluding carboxylic acids is 2. The quantitative estimate of drug-likeness (QED) is 0.485. The van der Waals surface area contributed by atoms with Gasteiger partial charge in [0.25, 0.3) is 0 Å². The first-order valence-electron chi connectivity index (χ1n) is 5.25. The predicted molar refractivity (Wildman–Crippen MR) is 49.5 cm³/mol. The van der Waals surface area contributed by atoms with E-state index in [1.54, 1.807) is 0 Å². The Balaban J connectivity index is 1.82. The summed E-state index contributed by atoms with van der Waals surface area (Å²) in [7, 11) is 0. The van der Waals surface area contributed by atoms with Gasteiger partial charge in [-0.1, -0.05) is 0 Å². The van der Waals surface area contributed by atoms with Crippen LogP contribution in [-0.2, 0) is 14.3 Å². The van der Waals surface area contributed by atoms with Crippen LogP contribution in [0, 0.1) is 11.8 Å². The van der Waals surface area contributed by atoms with Gasteiger partial charge in [-0.15, -0.1) is 0 Å². The van der Waals surface area contributed by atoms with Gasteiger partial charge in [-0.25, -0.2) is 4.79 Å². The van der Waals surface area contributed by atoms with E-state index in [0.29, 0.717) is 17.9 Å². The maximum atomic E-state index is 11.2. The fourth-order valence-electron chi connectivity index (χ4n) is 2.66. The van der Waals surface area contributed by atoms with Crippen LogP contribution in [0.4, 0.5) is 0 Å². The molecule has 0 aromatic carbocycles. The second-order valence-electron chi connectivity index (χ2n) is 4.30. The average molecular weight is 209 g/mol. The lowest BCUT2D eigenvalue weighted by molar-refractivity contribution is -0.297. The monoisotopic (exact) mass is 209 g/mol. The topological polar surface area (TPSA) is 66.4 Å². The fourth-order valence-corrected chi connectivity index (χ4v) is 2.66. The highest BCUT2D eigenvalue weighted by atomic mass is 16.5. The van der Waals surface area contributed by atoms with Crippen molar-refractivity contribution in [3.8, 4) is 0 Å². The molecule has 3 atom stereocenters. The first-order valence-corrected chi connectivity index (χ1v) is 5.25. The first kappa shape index (κ1) is 10.2. The lowest BCUT2D eigenvalue weighted by Gasteiger charge is -2.20. The summed E-state index contributed by atoms with van der Waals surface area (Å²) in [6.07, 6.45) is 6.09. The predicted octanol–water partition coefficient (Wildman–Crippen LogP) is 0.0243. The van der Waals surface area contributed by atoms with Gasteiger partial charge in [0.2, 0.25) is 0 Å². The summed E-state index contributed by atoms with van der Waals surface area (Å²) >= 11 is 0. The molecule has 0 aromatic rings. The maximum Gasteiger partial charge on any atom is 0.331 e. The van der Waals surface area contributed by atoms with E-state index in [1.165, 1.54) is 6.42 Å². The molecule has 0 unspecified atom stereocenters. The molecule has 0 aliphatic heterocycles. The molecule has 4 nitrogen and oxygen atoms in total. The number of fused-ring (bicyclic) bond motifs is 2. The van der Waals surface area contributed by atoms with Crippen LogP contribution in [0.25, 0.3) is 0 Å². The van der Waals surface area contributed by atoms with Gasteiger partial charge >= 0.3 is 5.97 Å². The molecule has 2 bridgehead atoms. The molecule has 2 aliphatic carbocycles. The fraction of sp³-hybridized carbons (Fsp3) is 0.636. The molecule has 82 valence electrons. The van der Waals surface area contributed by atoms with Crippen LogP contribution >= 0.6 is 0 Å². The molecule has 15 heavy (non-hydrogen) atoms. The summed E-state index contributed by atoms with van der Waals surface area (Å²) in [6, 6.07) is 0. The third-order valence-corrected chi connectivity index (χ3v) is 3.30. The highest BCUT2D eigenvalue weighted by Gasteiger charge is 2.41. The molecule has 0 saturated heterocycles. The van der Waals surface area contributed by atoms with E-state index in [2.05, 4.69) is 0 Å². The normalized spacial score (nSPS) is 33.5. The first-order chi connectivity index (χ1) is 7.15. The van der Waals surface area contributed by atoms with Gasteiger partial charge in [0, 0.05) is 6.08 Å². The van der Waals surface area contributed by atoms with Crippen molar-refractivity contribution in [2.45, 2.75) is 31.8 Å². The van der Waals surface area contributed by atoms with E-state index in [-0.39, 0.29) is 6.10 Å². The largest absolute Gasteiger partial charge is 0.545 e. The van der Waals surface area contributed by atoms with Crippen molar-refractivity contribution in [2.75, 3.05) is 0 Å². The molecule has 0 heterocycles. The van der Waals surface area contributed by atoms with E-state index in [9.17, 15) is 14.7 Å². The van der Waals surface area contributed by atoms with Crippen molar-refractivity contribution in [3.63, 3.8) is 0 Å². The van der Waals surface area contributed by atoms with Crippen LogP contribution < -0.4 is 5.11 Å². The summed E-state index contributed by atoms with van der Waals surface area (Å²) in [6.45, 7) is 0. The van der Waals surface area contributed by atoms with Crippen LogP contribution in [0.5, 0.6) is 0 Å².